The van der Waals surface area contributed by atoms with E-state index in [0.717, 1.165) is 12.8 Å². The highest BCUT2D eigenvalue weighted by Gasteiger charge is 2.32. The fraction of sp³-hybridized carbons (Fsp3) is 0.320. The number of hydrogen-bond acceptors (Lipinski definition) is 4. The first kappa shape index (κ1) is 22.1. The monoisotopic (exact) mass is 466 g/mol. The van der Waals surface area contributed by atoms with Gasteiger partial charge in [0.05, 0.1) is 5.69 Å². The summed E-state index contributed by atoms with van der Waals surface area (Å²) in [7, 11) is 1.67. The van der Waals surface area contributed by atoms with Crippen LogP contribution in [0.1, 0.15) is 34.5 Å². The van der Waals surface area contributed by atoms with E-state index < -0.39 is 17.5 Å². The Labute approximate surface area is 195 Å². The SMILES string of the molecule is Cn1nc(C(=O)N(CC(=O)NCC2CC2)Cc2ccccc2F)c2c1-c1cc(F)ccc1OC2. The van der Waals surface area contributed by atoms with E-state index in [9.17, 15) is 18.4 Å². The number of amides is 2. The minimum Gasteiger partial charge on any atom is -0.488 e. The maximum Gasteiger partial charge on any atom is 0.275 e. The molecule has 7 nitrogen and oxygen atoms in total. The summed E-state index contributed by atoms with van der Waals surface area (Å²) < 4.78 is 35.6. The number of carbonyl (C=O) groups is 2. The van der Waals surface area contributed by atoms with Crippen LogP contribution in [0, 0.1) is 17.6 Å². The summed E-state index contributed by atoms with van der Waals surface area (Å²) in [5.41, 5.74) is 1.96. The smallest absolute Gasteiger partial charge is 0.275 e. The quantitative estimate of drug-likeness (QED) is 0.579. The lowest BCUT2D eigenvalue weighted by Gasteiger charge is -2.23. The minimum atomic E-state index is -0.523. The second kappa shape index (κ2) is 8.89. The first-order chi connectivity index (χ1) is 16.4. The number of carbonyl (C=O) groups excluding carboxylic acids is 2. The molecule has 2 amide bonds. The van der Waals surface area contributed by atoms with Crippen LogP contribution in [0.5, 0.6) is 5.75 Å². The van der Waals surface area contributed by atoms with E-state index in [4.69, 9.17) is 4.74 Å². The number of benzene rings is 2. The van der Waals surface area contributed by atoms with Gasteiger partial charge in [-0.2, -0.15) is 5.10 Å². The van der Waals surface area contributed by atoms with Crippen LogP contribution in [0.15, 0.2) is 42.5 Å². The minimum absolute atomic E-state index is 0.0737. The van der Waals surface area contributed by atoms with Crippen molar-refractivity contribution in [3.8, 4) is 17.0 Å². The van der Waals surface area contributed by atoms with Gasteiger partial charge in [0.1, 0.15) is 30.5 Å². The van der Waals surface area contributed by atoms with Gasteiger partial charge >= 0.3 is 0 Å². The highest BCUT2D eigenvalue weighted by Crippen LogP contribution is 2.39. The zero-order chi connectivity index (χ0) is 23.8. The predicted molar refractivity (Wildman–Crippen MR) is 120 cm³/mol. The van der Waals surface area contributed by atoms with Crippen LogP contribution in [0.4, 0.5) is 8.78 Å². The lowest BCUT2D eigenvalue weighted by atomic mass is 10.0. The average molecular weight is 466 g/mol. The van der Waals surface area contributed by atoms with Crippen LogP contribution in [-0.2, 0) is 25.0 Å². The van der Waals surface area contributed by atoms with Gasteiger partial charge in [0.25, 0.3) is 5.91 Å². The van der Waals surface area contributed by atoms with Crippen molar-refractivity contribution in [2.45, 2.75) is 26.0 Å². The van der Waals surface area contributed by atoms with Crippen LogP contribution in [0.2, 0.25) is 0 Å². The van der Waals surface area contributed by atoms with E-state index in [0.29, 0.717) is 40.6 Å². The Hall–Kier alpha value is -3.75. The summed E-state index contributed by atoms with van der Waals surface area (Å²) in [4.78, 5) is 27.5. The number of aromatic nitrogens is 2. The molecule has 0 atom stereocenters. The van der Waals surface area contributed by atoms with Crippen LogP contribution < -0.4 is 10.1 Å². The van der Waals surface area contributed by atoms with Gasteiger partial charge in [-0.25, -0.2) is 8.78 Å². The third-order valence-corrected chi connectivity index (χ3v) is 6.14. The Bertz CT molecular complexity index is 1270. The van der Waals surface area contributed by atoms with E-state index in [1.165, 1.54) is 33.8 Å². The molecule has 2 aromatic carbocycles. The Kier molecular flexibility index (Phi) is 5.77. The standard InChI is InChI=1S/C25H24F2N4O3/c1-30-24-18-10-17(26)8-9-21(18)34-14-19(24)23(29-30)25(33)31(12-16-4-2-3-5-20(16)27)13-22(32)28-11-15-6-7-15/h2-5,8-10,15H,6-7,11-14H2,1H3,(H,28,32). The number of rotatable bonds is 7. The number of nitrogens with zero attached hydrogens (tertiary/aromatic N) is 3. The van der Waals surface area contributed by atoms with Crippen LogP contribution in [-0.4, -0.2) is 39.6 Å². The number of nitrogens with one attached hydrogen (secondary N) is 1. The number of aryl methyl sites for hydroxylation is 1. The third-order valence-electron chi connectivity index (χ3n) is 6.14. The molecular formula is C25H24F2N4O3. The molecule has 0 radical (unpaired) electrons. The molecule has 1 fully saturated rings. The lowest BCUT2D eigenvalue weighted by Crippen LogP contribution is -2.41. The largest absolute Gasteiger partial charge is 0.488 e. The number of ether oxygens (including phenoxy) is 1. The summed E-state index contributed by atoms with van der Waals surface area (Å²) in [5, 5.41) is 7.24. The number of fused-ring (bicyclic) bond motifs is 3. The summed E-state index contributed by atoms with van der Waals surface area (Å²) in [5.74, 6) is -0.749. The molecule has 1 aromatic heterocycles. The second-order valence-electron chi connectivity index (χ2n) is 8.73. The predicted octanol–water partition coefficient (Wildman–Crippen LogP) is 3.43. The van der Waals surface area contributed by atoms with Crippen molar-refractivity contribution in [3.05, 3.63) is 70.9 Å². The van der Waals surface area contributed by atoms with Gasteiger partial charge < -0.3 is 15.0 Å². The molecule has 2 heterocycles. The topological polar surface area (TPSA) is 76.5 Å². The Morgan fingerprint density at radius 2 is 2.00 bits per heavy atom. The second-order valence-corrected chi connectivity index (χ2v) is 8.73. The first-order valence-electron chi connectivity index (χ1n) is 11.2. The molecule has 1 N–H and O–H groups in total. The van der Waals surface area contributed by atoms with Crippen molar-refractivity contribution in [2.24, 2.45) is 13.0 Å². The van der Waals surface area contributed by atoms with E-state index in [1.807, 2.05) is 0 Å². The van der Waals surface area contributed by atoms with Gasteiger partial charge in [-0.1, -0.05) is 18.2 Å². The summed E-state index contributed by atoms with van der Waals surface area (Å²) in [6.07, 6.45) is 2.17. The van der Waals surface area contributed by atoms with E-state index in [-0.39, 0.29) is 31.3 Å². The Morgan fingerprint density at radius 1 is 1.21 bits per heavy atom. The fourth-order valence-corrected chi connectivity index (χ4v) is 4.17. The maximum atomic E-state index is 14.4. The molecule has 176 valence electrons. The summed E-state index contributed by atoms with van der Waals surface area (Å²) in [6.45, 7) is 0.303. The third kappa shape index (κ3) is 4.37. The molecule has 1 aliphatic heterocycles. The van der Waals surface area contributed by atoms with Crippen molar-refractivity contribution in [2.75, 3.05) is 13.1 Å². The molecule has 5 rings (SSSR count). The van der Waals surface area contributed by atoms with Crippen LogP contribution >= 0.6 is 0 Å². The molecule has 0 bridgehead atoms. The molecule has 0 spiro atoms. The van der Waals surface area contributed by atoms with Gasteiger partial charge in [-0.3, -0.25) is 14.3 Å². The lowest BCUT2D eigenvalue weighted by molar-refractivity contribution is -0.122. The Morgan fingerprint density at radius 3 is 2.76 bits per heavy atom. The fourth-order valence-electron chi connectivity index (χ4n) is 4.17. The van der Waals surface area contributed by atoms with E-state index >= 15 is 0 Å². The van der Waals surface area contributed by atoms with Crippen molar-refractivity contribution in [3.63, 3.8) is 0 Å². The molecule has 1 saturated carbocycles. The molecular weight excluding hydrogens is 442 g/mol. The summed E-state index contributed by atoms with van der Waals surface area (Å²) >= 11 is 0. The van der Waals surface area contributed by atoms with Crippen molar-refractivity contribution < 1.29 is 23.1 Å². The Balaban J connectivity index is 1.47. The normalized spacial score (nSPS) is 14.1. The number of halogens is 2. The zero-order valence-corrected chi connectivity index (χ0v) is 18.7. The van der Waals surface area contributed by atoms with Gasteiger partial charge in [0, 0.05) is 36.8 Å². The van der Waals surface area contributed by atoms with Crippen LogP contribution in [0.3, 0.4) is 0 Å². The summed E-state index contributed by atoms with van der Waals surface area (Å²) in [6, 6.07) is 10.3. The van der Waals surface area contributed by atoms with Gasteiger partial charge in [-0.15, -0.1) is 0 Å². The van der Waals surface area contributed by atoms with E-state index in [1.54, 1.807) is 25.2 Å². The maximum absolute atomic E-state index is 14.4. The van der Waals surface area contributed by atoms with Crippen molar-refractivity contribution >= 4 is 11.8 Å². The molecule has 34 heavy (non-hydrogen) atoms. The van der Waals surface area contributed by atoms with Crippen LogP contribution in [0.25, 0.3) is 11.3 Å². The molecule has 9 heteroatoms. The van der Waals surface area contributed by atoms with E-state index in [2.05, 4.69) is 10.4 Å². The molecule has 0 saturated heterocycles. The van der Waals surface area contributed by atoms with Crippen molar-refractivity contribution in [1.82, 2.24) is 20.0 Å². The average Bonchev–Trinajstić information content (AvgIpc) is 3.59. The molecule has 1 aliphatic carbocycles. The van der Waals surface area contributed by atoms with Crippen molar-refractivity contribution in [1.29, 1.82) is 0 Å². The first-order valence-corrected chi connectivity index (χ1v) is 11.2. The van der Waals surface area contributed by atoms with Gasteiger partial charge in [0.2, 0.25) is 5.91 Å². The highest BCUT2D eigenvalue weighted by molar-refractivity contribution is 5.98. The number of hydrogen-bond donors (Lipinski definition) is 1. The van der Waals surface area contributed by atoms with Gasteiger partial charge in [-0.05, 0) is 43.0 Å². The highest BCUT2D eigenvalue weighted by atomic mass is 19.1. The van der Waals surface area contributed by atoms with Gasteiger partial charge in [0.15, 0.2) is 5.69 Å². The molecule has 3 aromatic rings. The molecule has 0 unspecified atom stereocenters. The zero-order valence-electron chi connectivity index (χ0n) is 18.7. The molecule has 2 aliphatic rings.